The third kappa shape index (κ3) is 5.52. The van der Waals surface area contributed by atoms with E-state index in [9.17, 15) is 14.7 Å². The van der Waals surface area contributed by atoms with Gasteiger partial charge in [0.2, 0.25) is 0 Å². The van der Waals surface area contributed by atoms with E-state index in [4.69, 9.17) is 9.47 Å². The van der Waals surface area contributed by atoms with E-state index < -0.39 is 35.5 Å². The average Bonchev–Trinajstić information content (AvgIpc) is 3.40. The first-order chi connectivity index (χ1) is 16.9. The number of amides is 1. The number of carbonyl (C=O) groups excluding carboxylic acids is 2. The lowest BCUT2D eigenvalue weighted by Crippen LogP contribution is -2.44. The number of carbonyl (C=O) groups is 2. The maximum absolute atomic E-state index is 13.4. The number of rotatable bonds is 3. The maximum atomic E-state index is 13.4. The summed E-state index contributed by atoms with van der Waals surface area (Å²) in [6, 6.07) is 10.5. The highest BCUT2D eigenvalue weighted by Gasteiger charge is 2.45. The average molecular weight is 512 g/mol. The van der Waals surface area contributed by atoms with Gasteiger partial charge < -0.3 is 14.6 Å². The van der Waals surface area contributed by atoms with Crippen LogP contribution in [0.2, 0.25) is 0 Å². The van der Waals surface area contributed by atoms with Crippen LogP contribution in [-0.2, 0) is 9.47 Å². The molecule has 1 saturated heterocycles. The molecule has 0 spiro atoms. The molecule has 3 aromatic rings. The van der Waals surface area contributed by atoms with Crippen LogP contribution in [-0.4, -0.2) is 54.7 Å². The Morgan fingerprint density at radius 3 is 2.33 bits per heavy atom. The van der Waals surface area contributed by atoms with Crippen LogP contribution >= 0.6 is 11.8 Å². The molecule has 36 heavy (non-hydrogen) atoms. The van der Waals surface area contributed by atoms with E-state index in [0.717, 1.165) is 10.9 Å². The Bertz CT molecular complexity index is 1250. The largest absolute Gasteiger partial charge is 0.444 e. The van der Waals surface area contributed by atoms with Gasteiger partial charge in [-0.2, -0.15) is 0 Å². The summed E-state index contributed by atoms with van der Waals surface area (Å²) in [5.74, 6) is 0.478. The van der Waals surface area contributed by atoms with E-state index in [1.807, 2.05) is 57.2 Å². The van der Waals surface area contributed by atoms with Crippen LogP contribution in [0.5, 0.6) is 0 Å². The standard InChI is InChI=1S/C27H33N3O5S/c1-26(2,3)34-24(32)29-15-19(18-11-7-8-12-20(18)29)22(31)21-16-36-23(17-10-9-13-28-14-17)30(21)25(33)35-27(4,5)6/h7-15,21-23,31H,16H2,1-6H3. The van der Waals surface area contributed by atoms with Gasteiger partial charge in [-0.25, -0.2) is 9.59 Å². The minimum absolute atomic E-state index is 0.368. The second kappa shape index (κ2) is 9.78. The summed E-state index contributed by atoms with van der Waals surface area (Å²) >= 11 is 1.54. The zero-order valence-electron chi connectivity index (χ0n) is 21.5. The van der Waals surface area contributed by atoms with E-state index in [1.165, 1.54) is 4.57 Å². The fraction of sp³-hybridized carbons (Fsp3) is 0.444. The van der Waals surface area contributed by atoms with E-state index in [2.05, 4.69) is 4.98 Å². The summed E-state index contributed by atoms with van der Waals surface area (Å²) in [5, 5.41) is 12.0. The van der Waals surface area contributed by atoms with Crippen molar-refractivity contribution < 1.29 is 24.2 Å². The summed E-state index contributed by atoms with van der Waals surface area (Å²) in [6.07, 6.45) is 2.90. The zero-order valence-corrected chi connectivity index (χ0v) is 22.3. The smallest absolute Gasteiger partial charge is 0.419 e. The number of aliphatic hydroxyl groups excluding tert-OH is 1. The summed E-state index contributed by atoms with van der Waals surface area (Å²) in [7, 11) is 0. The number of nitrogens with zero attached hydrogens (tertiary/aromatic N) is 3. The molecule has 3 unspecified atom stereocenters. The van der Waals surface area contributed by atoms with Crippen LogP contribution in [0.25, 0.3) is 10.9 Å². The molecule has 2 aromatic heterocycles. The Morgan fingerprint density at radius 1 is 1.03 bits per heavy atom. The number of aliphatic hydroxyl groups is 1. The van der Waals surface area contributed by atoms with Crippen LogP contribution < -0.4 is 0 Å². The summed E-state index contributed by atoms with van der Waals surface area (Å²) in [4.78, 5) is 32.2. The lowest BCUT2D eigenvalue weighted by molar-refractivity contribution is -0.00157. The molecule has 0 bridgehead atoms. The predicted octanol–water partition coefficient (Wildman–Crippen LogP) is 5.90. The Balaban J connectivity index is 1.74. The molecule has 8 nitrogen and oxygen atoms in total. The lowest BCUT2D eigenvalue weighted by Gasteiger charge is -2.33. The molecule has 192 valence electrons. The van der Waals surface area contributed by atoms with Crippen LogP contribution in [0.15, 0.2) is 55.0 Å². The highest BCUT2D eigenvalue weighted by atomic mass is 32.2. The number of thioether (sulfide) groups is 1. The second-order valence-corrected chi connectivity index (χ2v) is 11.9. The number of hydrogen-bond donors (Lipinski definition) is 1. The molecule has 0 aliphatic carbocycles. The third-order valence-electron chi connectivity index (χ3n) is 5.62. The molecule has 1 aromatic carbocycles. The van der Waals surface area contributed by atoms with Crippen molar-refractivity contribution in [2.45, 2.75) is 70.3 Å². The first kappa shape index (κ1) is 26.0. The van der Waals surface area contributed by atoms with Gasteiger partial charge in [-0.3, -0.25) is 14.5 Å². The number of para-hydroxylation sites is 1. The molecule has 3 heterocycles. The third-order valence-corrected chi connectivity index (χ3v) is 6.97. The quantitative estimate of drug-likeness (QED) is 0.468. The molecular weight excluding hydrogens is 478 g/mol. The number of aromatic nitrogens is 2. The van der Waals surface area contributed by atoms with Crippen LogP contribution in [0.4, 0.5) is 9.59 Å². The number of benzene rings is 1. The highest BCUT2D eigenvalue weighted by molar-refractivity contribution is 7.99. The summed E-state index contributed by atoms with van der Waals surface area (Å²) in [5.41, 5.74) is 0.639. The van der Waals surface area contributed by atoms with Gasteiger partial charge in [-0.05, 0) is 53.7 Å². The number of hydrogen-bond acceptors (Lipinski definition) is 7. The monoisotopic (exact) mass is 511 g/mol. The van der Waals surface area contributed by atoms with E-state index in [0.29, 0.717) is 16.8 Å². The van der Waals surface area contributed by atoms with Gasteiger partial charge in [0.15, 0.2) is 0 Å². The van der Waals surface area contributed by atoms with Crippen molar-refractivity contribution in [3.63, 3.8) is 0 Å². The Labute approximate surface area is 215 Å². The van der Waals surface area contributed by atoms with Gasteiger partial charge in [0.05, 0.1) is 11.6 Å². The van der Waals surface area contributed by atoms with Crippen molar-refractivity contribution >= 4 is 34.9 Å². The molecule has 0 radical (unpaired) electrons. The summed E-state index contributed by atoms with van der Waals surface area (Å²) < 4.78 is 12.7. The van der Waals surface area contributed by atoms with Gasteiger partial charge in [0.25, 0.3) is 0 Å². The predicted molar refractivity (Wildman–Crippen MR) is 140 cm³/mol. The minimum Gasteiger partial charge on any atom is -0.444 e. The molecule has 1 N–H and O–H groups in total. The SMILES string of the molecule is CC(C)(C)OC(=O)N1C(c2cccnc2)SCC1C(O)c1cn(C(=O)OC(C)(C)C)c2ccccc12. The van der Waals surface area contributed by atoms with E-state index in [-0.39, 0.29) is 5.37 Å². The molecule has 1 aliphatic heterocycles. The zero-order chi connectivity index (χ0) is 26.3. The number of fused-ring (bicyclic) bond motifs is 1. The normalized spacial score (nSPS) is 19.4. The molecule has 1 fully saturated rings. The van der Waals surface area contributed by atoms with Crippen molar-refractivity contribution in [3.05, 3.63) is 66.1 Å². The summed E-state index contributed by atoms with van der Waals surface area (Å²) in [6.45, 7) is 10.9. The van der Waals surface area contributed by atoms with Gasteiger partial charge in [0, 0.05) is 40.9 Å². The molecule has 9 heteroatoms. The fourth-order valence-corrected chi connectivity index (χ4v) is 5.66. The Hall–Kier alpha value is -3.04. The van der Waals surface area contributed by atoms with Crippen LogP contribution in [0.3, 0.4) is 0 Å². The van der Waals surface area contributed by atoms with Gasteiger partial charge in [-0.15, -0.1) is 11.8 Å². The fourth-order valence-electron chi connectivity index (χ4n) is 4.20. The molecule has 0 saturated carbocycles. The first-order valence-electron chi connectivity index (χ1n) is 11.9. The first-order valence-corrected chi connectivity index (χ1v) is 12.9. The van der Waals surface area contributed by atoms with E-state index in [1.54, 1.807) is 56.0 Å². The van der Waals surface area contributed by atoms with Crippen molar-refractivity contribution in [1.82, 2.24) is 14.5 Å². The van der Waals surface area contributed by atoms with Gasteiger partial charge in [0.1, 0.15) is 22.7 Å². The minimum atomic E-state index is -1.07. The second-order valence-electron chi connectivity index (χ2n) is 10.8. The van der Waals surface area contributed by atoms with Gasteiger partial charge in [-0.1, -0.05) is 24.3 Å². The molecule has 1 amide bonds. The maximum Gasteiger partial charge on any atom is 0.419 e. The van der Waals surface area contributed by atoms with Gasteiger partial charge >= 0.3 is 12.2 Å². The van der Waals surface area contributed by atoms with Crippen LogP contribution in [0, 0.1) is 0 Å². The van der Waals surface area contributed by atoms with Crippen molar-refractivity contribution in [2.75, 3.05) is 5.75 Å². The van der Waals surface area contributed by atoms with Crippen molar-refractivity contribution in [2.24, 2.45) is 0 Å². The Kier molecular flexibility index (Phi) is 7.07. The highest BCUT2D eigenvalue weighted by Crippen LogP contribution is 2.46. The van der Waals surface area contributed by atoms with Crippen molar-refractivity contribution in [3.8, 4) is 0 Å². The number of ether oxygens (including phenoxy) is 2. The molecule has 1 aliphatic rings. The van der Waals surface area contributed by atoms with Crippen LogP contribution in [0.1, 0.15) is 64.1 Å². The molecule has 3 atom stereocenters. The van der Waals surface area contributed by atoms with E-state index >= 15 is 0 Å². The topological polar surface area (TPSA) is 93.9 Å². The number of pyridine rings is 1. The lowest BCUT2D eigenvalue weighted by atomic mass is 10.0. The van der Waals surface area contributed by atoms with Crippen molar-refractivity contribution in [1.29, 1.82) is 0 Å². The Morgan fingerprint density at radius 2 is 1.69 bits per heavy atom. The molecular formula is C27H33N3O5S. The molecule has 4 rings (SSSR count).